The molecule has 4 aromatic rings. The Morgan fingerprint density at radius 3 is 2.43 bits per heavy atom. The third-order valence-corrected chi connectivity index (χ3v) is 6.97. The molecule has 2 unspecified atom stereocenters. The summed E-state index contributed by atoms with van der Waals surface area (Å²) in [6.45, 7) is 0. The van der Waals surface area contributed by atoms with Crippen molar-refractivity contribution in [3.8, 4) is 16.9 Å². The van der Waals surface area contributed by atoms with Crippen LogP contribution < -0.4 is 4.74 Å². The second-order valence-electron chi connectivity index (χ2n) is 7.94. The normalized spacial score (nSPS) is 18.5. The zero-order valence-electron chi connectivity index (χ0n) is 16.1. The minimum absolute atomic E-state index is 0.00182. The number of halogens is 2. The van der Waals surface area contributed by atoms with Crippen LogP contribution in [0.3, 0.4) is 0 Å². The van der Waals surface area contributed by atoms with Crippen molar-refractivity contribution in [2.45, 2.75) is 18.4 Å². The lowest BCUT2D eigenvalue weighted by Gasteiger charge is -2.22. The SMILES string of the molecule is Clc1ccc(C2Cc3ccccc3O2)c(C2c3ccccc3-c3ccc(Br)cc32)c1. The van der Waals surface area contributed by atoms with E-state index in [4.69, 9.17) is 16.3 Å². The van der Waals surface area contributed by atoms with Crippen LogP contribution in [-0.2, 0) is 6.42 Å². The highest BCUT2D eigenvalue weighted by atomic mass is 79.9. The van der Waals surface area contributed by atoms with Gasteiger partial charge >= 0.3 is 0 Å². The van der Waals surface area contributed by atoms with Crippen LogP contribution >= 0.6 is 27.5 Å². The van der Waals surface area contributed by atoms with E-state index >= 15 is 0 Å². The Balaban J connectivity index is 1.54. The van der Waals surface area contributed by atoms with Gasteiger partial charge in [-0.25, -0.2) is 0 Å². The van der Waals surface area contributed by atoms with E-state index < -0.39 is 0 Å². The summed E-state index contributed by atoms with van der Waals surface area (Å²) in [6.07, 6.45) is 0.878. The highest BCUT2D eigenvalue weighted by Gasteiger charge is 2.34. The average molecular weight is 474 g/mol. The quantitative estimate of drug-likeness (QED) is 0.253. The molecule has 2 aliphatic rings. The van der Waals surface area contributed by atoms with E-state index in [2.05, 4.69) is 88.7 Å². The molecule has 0 saturated heterocycles. The predicted molar refractivity (Wildman–Crippen MR) is 125 cm³/mol. The predicted octanol–water partition coefficient (Wildman–Crippen LogP) is 7.94. The van der Waals surface area contributed by atoms with Crippen LogP contribution in [0.4, 0.5) is 0 Å². The van der Waals surface area contributed by atoms with Crippen molar-refractivity contribution in [2.75, 3.05) is 0 Å². The van der Waals surface area contributed by atoms with E-state index in [0.29, 0.717) is 0 Å². The Morgan fingerprint density at radius 1 is 0.733 bits per heavy atom. The summed E-state index contributed by atoms with van der Waals surface area (Å²) >= 11 is 10.2. The summed E-state index contributed by atoms with van der Waals surface area (Å²) in [7, 11) is 0. The Kier molecular flexibility index (Phi) is 4.26. The molecule has 0 saturated carbocycles. The number of hydrogen-bond donors (Lipinski definition) is 0. The second kappa shape index (κ2) is 7.01. The average Bonchev–Trinajstić information content (AvgIpc) is 3.32. The van der Waals surface area contributed by atoms with Crippen molar-refractivity contribution < 1.29 is 4.74 Å². The zero-order chi connectivity index (χ0) is 20.2. The van der Waals surface area contributed by atoms with E-state index in [1.54, 1.807) is 0 Å². The molecule has 3 heteroatoms. The van der Waals surface area contributed by atoms with Gasteiger partial charge in [0.1, 0.15) is 11.9 Å². The maximum atomic E-state index is 6.53. The van der Waals surface area contributed by atoms with E-state index in [1.165, 1.54) is 38.9 Å². The molecule has 1 aliphatic heterocycles. The minimum atomic E-state index is -0.00182. The van der Waals surface area contributed by atoms with E-state index in [-0.39, 0.29) is 12.0 Å². The Bertz CT molecular complexity index is 1270. The fourth-order valence-corrected chi connectivity index (χ4v) is 5.52. The first-order chi connectivity index (χ1) is 14.7. The Labute approximate surface area is 189 Å². The Hall–Kier alpha value is -2.55. The number of ether oxygens (including phenoxy) is 1. The first-order valence-electron chi connectivity index (χ1n) is 10.1. The molecule has 30 heavy (non-hydrogen) atoms. The van der Waals surface area contributed by atoms with Crippen LogP contribution in [-0.4, -0.2) is 0 Å². The third kappa shape index (κ3) is 2.82. The van der Waals surface area contributed by atoms with E-state index in [0.717, 1.165) is 21.7 Å². The Morgan fingerprint density at radius 2 is 1.53 bits per heavy atom. The fraction of sp³-hybridized carbons (Fsp3) is 0.111. The second-order valence-corrected chi connectivity index (χ2v) is 9.30. The van der Waals surface area contributed by atoms with Crippen LogP contribution in [0.15, 0.2) is 89.4 Å². The van der Waals surface area contributed by atoms with Crippen molar-refractivity contribution in [3.63, 3.8) is 0 Å². The van der Waals surface area contributed by atoms with Gasteiger partial charge < -0.3 is 4.74 Å². The first-order valence-corrected chi connectivity index (χ1v) is 11.3. The van der Waals surface area contributed by atoms with Crippen LogP contribution in [0.25, 0.3) is 11.1 Å². The maximum Gasteiger partial charge on any atom is 0.128 e. The minimum Gasteiger partial charge on any atom is -0.485 e. The highest BCUT2D eigenvalue weighted by Crippen LogP contribution is 2.51. The van der Waals surface area contributed by atoms with E-state index in [9.17, 15) is 0 Å². The van der Waals surface area contributed by atoms with Gasteiger partial charge in [0.05, 0.1) is 0 Å². The smallest absolute Gasteiger partial charge is 0.128 e. The lowest BCUT2D eigenvalue weighted by molar-refractivity contribution is 0.237. The van der Waals surface area contributed by atoms with Crippen LogP contribution in [0.1, 0.15) is 39.8 Å². The number of hydrogen-bond acceptors (Lipinski definition) is 1. The summed E-state index contributed by atoms with van der Waals surface area (Å²) in [5, 5.41) is 0.755. The molecule has 0 aromatic heterocycles. The molecule has 1 heterocycles. The zero-order valence-corrected chi connectivity index (χ0v) is 18.5. The molecule has 146 valence electrons. The molecule has 0 amide bonds. The van der Waals surface area contributed by atoms with Crippen LogP contribution in [0, 0.1) is 0 Å². The van der Waals surface area contributed by atoms with Gasteiger partial charge in [-0.15, -0.1) is 0 Å². The molecule has 2 atom stereocenters. The number of rotatable bonds is 2. The van der Waals surface area contributed by atoms with Gasteiger partial charge in [0.2, 0.25) is 0 Å². The van der Waals surface area contributed by atoms with Crippen molar-refractivity contribution in [2.24, 2.45) is 0 Å². The maximum absolute atomic E-state index is 6.53. The van der Waals surface area contributed by atoms with Gasteiger partial charge in [0.15, 0.2) is 0 Å². The summed E-state index contributed by atoms with van der Waals surface area (Å²) < 4.78 is 7.47. The highest BCUT2D eigenvalue weighted by molar-refractivity contribution is 9.10. The standard InChI is InChI=1S/C27H18BrClO/c28-17-9-11-20-19-6-2-3-7-22(19)27(23(20)14-17)24-15-18(29)10-12-21(24)26-13-16-5-1-4-8-25(16)30-26/h1-12,14-15,26-27H,13H2. The molecule has 0 radical (unpaired) electrons. The molecule has 0 spiro atoms. The van der Waals surface area contributed by atoms with Gasteiger partial charge in [-0.05, 0) is 69.3 Å². The molecule has 0 N–H and O–H groups in total. The fourth-order valence-electron chi connectivity index (χ4n) is 4.96. The van der Waals surface area contributed by atoms with Crippen LogP contribution in [0.2, 0.25) is 5.02 Å². The van der Waals surface area contributed by atoms with Crippen LogP contribution in [0.5, 0.6) is 5.75 Å². The molecule has 6 rings (SSSR count). The van der Waals surface area contributed by atoms with Crippen molar-refractivity contribution >= 4 is 27.5 Å². The van der Waals surface area contributed by atoms with Crippen molar-refractivity contribution in [1.29, 1.82) is 0 Å². The topological polar surface area (TPSA) is 9.23 Å². The molecule has 1 nitrogen and oxygen atoms in total. The van der Waals surface area contributed by atoms with Gasteiger partial charge in [-0.2, -0.15) is 0 Å². The number of fused-ring (bicyclic) bond motifs is 4. The van der Waals surface area contributed by atoms with Gasteiger partial charge in [0, 0.05) is 21.8 Å². The van der Waals surface area contributed by atoms with E-state index in [1.807, 2.05) is 12.1 Å². The summed E-state index contributed by atoms with van der Waals surface area (Å²) in [6, 6.07) is 29.8. The van der Waals surface area contributed by atoms with Crippen molar-refractivity contribution in [1.82, 2.24) is 0 Å². The van der Waals surface area contributed by atoms with Gasteiger partial charge in [-0.3, -0.25) is 0 Å². The van der Waals surface area contributed by atoms with Gasteiger partial charge in [-0.1, -0.05) is 82.1 Å². The summed E-state index contributed by atoms with van der Waals surface area (Å²) in [5.74, 6) is 1.12. The third-order valence-electron chi connectivity index (χ3n) is 6.24. The lowest BCUT2D eigenvalue weighted by Crippen LogP contribution is -2.11. The van der Waals surface area contributed by atoms with Gasteiger partial charge in [0.25, 0.3) is 0 Å². The summed E-state index contributed by atoms with van der Waals surface area (Å²) in [5.41, 5.74) is 8.92. The lowest BCUT2D eigenvalue weighted by atomic mass is 9.84. The molecule has 4 aromatic carbocycles. The number of para-hydroxylation sites is 1. The largest absolute Gasteiger partial charge is 0.485 e. The number of benzene rings is 4. The molecule has 0 fully saturated rings. The monoisotopic (exact) mass is 472 g/mol. The molecule has 1 aliphatic carbocycles. The summed E-state index contributed by atoms with van der Waals surface area (Å²) in [4.78, 5) is 0. The molecule has 0 bridgehead atoms. The first kappa shape index (κ1) is 18.2. The molecular weight excluding hydrogens is 456 g/mol. The molecular formula is C27H18BrClO. The van der Waals surface area contributed by atoms with Crippen molar-refractivity contribution in [3.05, 3.63) is 122 Å².